The molecule has 0 radical (unpaired) electrons. The number of carbonyl (C=O) groups is 1. The Morgan fingerprint density at radius 2 is 2.33 bits per heavy atom. The molecule has 1 aromatic rings. The van der Waals surface area contributed by atoms with Crippen LogP contribution in [0.2, 0.25) is 0 Å². The van der Waals surface area contributed by atoms with Gasteiger partial charge in [-0.05, 0) is 19.2 Å². The third kappa shape index (κ3) is 4.56. The first-order chi connectivity index (χ1) is 7.22. The lowest BCUT2D eigenvalue weighted by Gasteiger charge is -2.14. The Kier molecular flexibility index (Phi) is 4.77. The molecule has 0 spiro atoms. The minimum atomic E-state index is -0.210. The summed E-state index contributed by atoms with van der Waals surface area (Å²) in [5.41, 5.74) is 1.04. The molecule has 4 nitrogen and oxygen atoms in total. The Morgan fingerprint density at radius 3 is 2.93 bits per heavy atom. The van der Waals surface area contributed by atoms with Gasteiger partial charge in [-0.25, -0.2) is 0 Å². The molecule has 82 valence electrons. The Hall–Kier alpha value is -1.42. The van der Waals surface area contributed by atoms with E-state index in [1.54, 1.807) is 6.20 Å². The first-order valence-corrected chi connectivity index (χ1v) is 4.87. The number of likely N-dealkylation sites (N-methyl/N-ethyl adjacent to an activating group) is 1. The van der Waals surface area contributed by atoms with Crippen LogP contribution in [0.1, 0.15) is 5.69 Å². The Balaban J connectivity index is 2.28. The second-order valence-electron chi connectivity index (χ2n) is 3.38. The number of methoxy groups -OCH3 is 1. The van der Waals surface area contributed by atoms with Crippen LogP contribution in [0.3, 0.4) is 0 Å². The van der Waals surface area contributed by atoms with E-state index in [2.05, 4.69) is 9.72 Å². The van der Waals surface area contributed by atoms with Gasteiger partial charge in [0.15, 0.2) is 0 Å². The lowest BCUT2D eigenvalue weighted by molar-refractivity contribution is -0.141. The maximum Gasteiger partial charge on any atom is 0.319 e. The van der Waals surface area contributed by atoms with Crippen molar-refractivity contribution < 1.29 is 9.53 Å². The summed E-state index contributed by atoms with van der Waals surface area (Å²) in [5.74, 6) is -0.210. The van der Waals surface area contributed by atoms with E-state index in [-0.39, 0.29) is 5.97 Å². The lowest BCUT2D eigenvalue weighted by atomic mass is 10.2. The largest absolute Gasteiger partial charge is 0.468 e. The number of carbonyl (C=O) groups excluding carboxylic acids is 1. The summed E-state index contributed by atoms with van der Waals surface area (Å²) < 4.78 is 4.58. The molecule has 0 unspecified atom stereocenters. The number of esters is 1. The van der Waals surface area contributed by atoms with Crippen LogP contribution in [0.4, 0.5) is 0 Å². The van der Waals surface area contributed by atoms with Crippen molar-refractivity contribution in [3.63, 3.8) is 0 Å². The van der Waals surface area contributed by atoms with Gasteiger partial charge in [0, 0.05) is 24.9 Å². The van der Waals surface area contributed by atoms with Crippen molar-refractivity contribution in [2.24, 2.45) is 0 Å². The average Bonchev–Trinajstić information content (AvgIpc) is 2.27. The highest BCUT2D eigenvalue weighted by Crippen LogP contribution is 1.96. The molecule has 0 saturated heterocycles. The number of nitrogens with zero attached hydrogens (tertiary/aromatic N) is 2. The summed E-state index contributed by atoms with van der Waals surface area (Å²) in [7, 11) is 3.29. The summed E-state index contributed by atoms with van der Waals surface area (Å²) in [6.07, 6.45) is 2.62. The van der Waals surface area contributed by atoms with E-state index in [1.807, 2.05) is 30.1 Å². The first-order valence-electron chi connectivity index (χ1n) is 4.87. The molecule has 0 saturated carbocycles. The van der Waals surface area contributed by atoms with E-state index in [1.165, 1.54) is 7.11 Å². The predicted molar refractivity (Wildman–Crippen MR) is 57.5 cm³/mol. The summed E-state index contributed by atoms with van der Waals surface area (Å²) in [6, 6.07) is 5.83. The molecular formula is C11H16N2O2. The molecule has 0 bridgehead atoms. The zero-order chi connectivity index (χ0) is 11.1. The minimum Gasteiger partial charge on any atom is -0.468 e. The summed E-state index contributed by atoms with van der Waals surface area (Å²) in [5, 5.41) is 0. The van der Waals surface area contributed by atoms with E-state index < -0.39 is 0 Å². The number of rotatable bonds is 5. The molecule has 0 atom stereocenters. The van der Waals surface area contributed by atoms with Crippen LogP contribution in [-0.2, 0) is 16.0 Å². The van der Waals surface area contributed by atoms with Crippen LogP contribution in [0, 0.1) is 0 Å². The fourth-order valence-corrected chi connectivity index (χ4v) is 1.22. The number of aromatic nitrogens is 1. The minimum absolute atomic E-state index is 0.210. The summed E-state index contributed by atoms with van der Waals surface area (Å²) in [6.45, 7) is 1.12. The highest BCUT2D eigenvalue weighted by atomic mass is 16.5. The lowest BCUT2D eigenvalue weighted by Crippen LogP contribution is -2.28. The van der Waals surface area contributed by atoms with Crippen LogP contribution in [0.15, 0.2) is 24.4 Å². The van der Waals surface area contributed by atoms with Gasteiger partial charge in [-0.1, -0.05) is 6.07 Å². The molecule has 0 aliphatic rings. The summed E-state index contributed by atoms with van der Waals surface area (Å²) >= 11 is 0. The van der Waals surface area contributed by atoms with Crippen molar-refractivity contribution in [2.75, 3.05) is 27.2 Å². The second-order valence-corrected chi connectivity index (χ2v) is 3.38. The van der Waals surface area contributed by atoms with E-state index in [0.29, 0.717) is 6.54 Å². The van der Waals surface area contributed by atoms with Crippen molar-refractivity contribution in [3.8, 4) is 0 Å². The highest BCUT2D eigenvalue weighted by Gasteiger charge is 2.05. The molecule has 0 aliphatic carbocycles. The second kappa shape index (κ2) is 6.14. The first kappa shape index (κ1) is 11.7. The summed E-state index contributed by atoms with van der Waals surface area (Å²) in [4.78, 5) is 17.1. The van der Waals surface area contributed by atoms with Crippen molar-refractivity contribution in [1.82, 2.24) is 9.88 Å². The number of pyridine rings is 1. The van der Waals surface area contributed by atoms with Crippen molar-refractivity contribution >= 4 is 5.97 Å². The topological polar surface area (TPSA) is 42.4 Å². The third-order valence-corrected chi connectivity index (χ3v) is 2.10. The van der Waals surface area contributed by atoms with Crippen LogP contribution < -0.4 is 0 Å². The van der Waals surface area contributed by atoms with Crippen LogP contribution >= 0.6 is 0 Å². The van der Waals surface area contributed by atoms with Crippen LogP contribution in [-0.4, -0.2) is 43.1 Å². The fraction of sp³-hybridized carbons (Fsp3) is 0.455. The molecule has 1 heterocycles. The van der Waals surface area contributed by atoms with Gasteiger partial charge in [0.25, 0.3) is 0 Å². The van der Waals surface area contributed by atoms with Gasteiger partial charge in [-0.3, -0.25) is 14.7 Å². The van der Waals surface area contributed by atoms with Crippen molar-refractivity contribution in [2.45, 2.75) is 6.42 Å². The Morgan fingerprint density at radius 1 is 1.53 bits per heavy atom. The van der Waals surface area contributed by atoms with Crippen LogP contribution in [0.25, 0.3) is 0 Å². The fourth-order valence-electron chi connectivity index (χ4n) is 1.22. The van der Waals surface area contributed by atoms with Crippen molar-refractivity contribution in [1.29, 1.82) is 0 Å². The van der Waals surface area contributed by atoms with E-state index in [0.717, 1.165) is 18.7 Å². The molecular weight excluding hydrogens is 192 g/mol. The number of hydrogen-bond acceptors (Lipinski definition) is 4. The quantitative estimate of drug-likeness (QED) is 0.669. The van der Waals surface area contributed by atoms with Gasteiger partial charge in [0.1, 0.15) is 0 Å². The van der Waals surface area contributed by atoms with E-state index in [4.69, 9.17) is 0 Å². The average molecular weight is 208 g/mol. The Labute approximate surface area is 89.9 Å². The zero-order valence-electron chi connectivity index (χ0n) is 9.14. The molecule has 0 N–H and O–H groups in total. The highest BCUT2D eigenvalue weighted by molar-refractivity contribution is 5.71. The van der Waals surface area contributed by atoms with E-state index in [9.17, 15) is 4.79 Å². The molecule has 1 aromatic heterocycles. The Bertz CT molecular complexity index is 301. The molecule has 1 rings (SSSR count). The SMILES string of the molecule is COC(=O)CN(C)CCc1ccccn1. The van der Waals surface area contributed by atoms with Crippen molar-refractivity contribution in [3.05, 3.63) is 30.1 Å². The monoisotopic (exact) mass is 208 g/mol. The third-order valence-electron chi connectivity index (χ3n) is 2.10. The van der Waals surface area contributed by atoms with Crippen LogP contribution in [0.5, 0.6) is 0 Å². The van der Waals surface area contributed by atoms with Gasteiger partial charge in [-0.2, -0.15) is 0 Å². The zero-order valence-corrected chi connectivity index (χ0v) is 9.14. The molecule has 4 heteroatoms. The molecule has 0 aromatic carbocycles. The van der Waals surface area contributed by atoms with Gasteiger partial charge in [0.05, 0.1) is 13.7 Å². The van der Waals surface area contributed by atoms with Gasteiger partial charge in [-0.15, -0.1) is 0 Å². The number of hydrogen-bond donors (Lipinski definition) is 0. The molecule has 0 fully saturated rings. The maximum atomic E-state index is 11.0. The molecule has 0 amide bonds. The van der Waals surface area contributed by atoms with Gasteiger partial charge < -0.3 is 4.74 Å². The van der Waals surface area contributed by atoms with E-state index >= 15 is 0 Å². The predicted octanol–water partition coefficient (Wildman–Crippen LogP) is 0.729. The normalized spacial score (nSPS) is 10.3. The molecule has 15 heavy (non-hydrogen) atoms. The molecule has 0 aliphatic heterocycles. The van der Waals surface area contributed by atoms with Gasteiger partial charge in [0.2, 0.25) is 0 Å². The number of ether oxygens (including phenoxy) is 1. The maximum absolute atomic E-state index is 11.0. The smallest absolute Gasteiger partial charge is 0.319 e. The van der Waals surface area contributed by atoms with Gasteiger partial charge >= 0.3 is 5.97 Å². The standard InChI is InChI=1S/C11H16N2O2/c1-13(9-11(14)15-2)8-6-10-5-3-4-7-12-10/h3-5,7H,6,8-9H2,1-2H3.